The van der Waals surface area contributed by atoms with Gasteiger partial charge in [0.25, 0.3) is 0 Å². The lowest BCUT2D eigenvalue weighted by Gasteiger charge is -2.20. The maximum Gasteiger partial charge on any atom is 0.326 e. The topological polar surface area (TPSA) is 113 Å². The molecule has 0 radical (unpaired) electrons. The van der Waals surface area contributed by atoms with Crippen LogP contribution in [0.2, 0.25) is 0 Å². The Hall–Kier alpha value is -1.18. The van der Waals surface area contributed by atoms with Crippen LogP contribution in [-0.2, 0) is 14.3 Å². The van der Waals surface area contributed by atoms with Crippen molar-refractivity contribution >= 4 is 11.9 Å². The summed E-state index contributed by atoms with van der Waals surface area (Å²) in [6, 6.07) is -0.955. The van der Waals surface area contributed by atoms with Gasteiger partial charge in [0.1, 0.15) is 12.6 Å². The van der Waals surface area contributed by atoms with Crippen molar-refractivity contribution in [2.45, 2.75) is 18.6 Å². The molecule has 1 fully saturated rings. The largest absolute Gasteiger partial charge is 0.480 e. The smallest absolute Gasteiger partial charge is 0.326 e. The van der Waals surface area contributed by atoms with Crippen LogP contribution in [0.3, 0.4) is 0 Å². The van der Waals surface area contributed by atoms with Gasteiger partial charge >= 0.3 is 5.97 Å². The highest BCUT2D eigenvalue weighted by molar-refractivity contribution is 5.85. The number of rotatable bonds is 5. The Labute approximate surface area is 92.8 Å². The number of carbonyl (C=O) groups excluding carboxylic acids is 1. The summed E-state index contributed by atoms with van der Waals surface area (Å²) in [5, 5.41) is 18.2. The zero-order valence-corrected chi connectivity index (χ0v) is 8.83. The maximum absolute atomic E-state index is 11.6. The number of aliphatic hydroxyl groups excluding tert-OH is 1. The third kappa shape index (κ3) is 3.16. The van der Waals surface area contributed by atoms with Crippen molar-refractivity contribution in [3.63, 3.8) is 0 Å². The van der Waals surface area contributed by atoms with Crippen LogP contribution in [0, 0.1) is 0 Å². The van der Waals surface area contributed by atoms with E-state index in [0.717, 1.165) is 4.90 Å². The Morgan fingerprint density at radius 3 is 2.75 bits per heavy atom. The van der Waals surface area contributed by atoms with E-state index < -0.39 is 24.0 Å². The average molecular weight is 232 g/mol. The quantitative estimate of drug-likeness (QED) is 0.473. The molecule has 1 saturated heterocycles. The fourth-order valence-corrected chi connectivity index (χ4v) is 1.65. The molecular formula is C9H16N2O5. The monoisotopic (exact) mass is 232 g/mol. The van der Waals surface area contributed by atoms with Gasteiger partial charge in [0.05, 0.1) is 12.7 Å². The second-order valence-electron chi connectivity index (χ2n) is 3.63. The van der Waals surface area contributed by atoms with E-state index in [9.17, 15) is 14.7 Å². The Morgan fingerprint density at radius 1 is 1.50 bits per heavy atom. The fraction of sp³-hybridized carbons (Fsp3) is 0.778. The molecule has 92 valence electrons. The van der Waals surface area contributed by atoms with Crippen molar-refractivity contribution in [3.8, 4) is 0 Å². The van der Waals surface area contributed by atoms with Crippen molar-refractivity contribution in [2.24, 2.45) is 5.73 Å². The molecule has 0 aromatic heterocycles. The van der Waals surface area contributed by atoms with E-state index in [1.807, 2.05) is 0 Å². The van der Waals surface area contributed by atoms with Gasteiger partial charge in [0.15, 0.2) is 0 Å². The maximum atomic E-state index is 11.6. The first-order chi connectivity index (χ1) is 7.56. The molecular weight excluding hydrogens is 216 g/mol. The number of carboxylic acid groups (broad SMARTS) is 1. The number of aliphatic hydroxyl groups is 1. The standard InChI is InChI=1S/C9H16N2O5/c10-1-2-16-5-8(13)11-4-6(12)3-7(11)9(14)15/h6-7,12H,1-5,10H2,(H,14,15)/t6-,7-/m0/s1. The number of carboxylic acids is 1. The first-order valence-electron chi connectivity index (χ1n) is 5.04. The molecule has 0 aromatic rings. The van der Waals surface area contributed by atoms with Crippen LogP contribution in [0.15, 0.2) is 0 Å². The molecule has 2 atom stereocenters. The fourth-order valence-electron chi connectivity index (χ4n) is 1.65. The highest BCUT2D eigenvalue weighted by Gasteiger charge is 2.38. The molecule has 0 spiro atoms. The number of β-amino-alcohol motifs (C(OH)–C–C–N with tert-alkyl or cyclic N) is 1. The van der Waals surface area contributed by atoms with E-state index in [-0.39, 0.29) is 26.2 Å². The number of nitrogens with two attached hydrogens (primary N) is 1. The van der Waals surface area contributed by atoms with Crippen molar-refractivity contribution in [3.05, 3.63) is 0 Å². The first kappa shape index (κ1) is 12.9. The molecule has 7 heteroatoms. The number of amides is 1. The Morgan fingerprint density at radius 2 is 2.19 bits per heavy atom. The summed E-state index contributed by atoms with van der Waals surface area (Å²) in [6.07, 6.45) is -0.711. The van der Waals surface area contributed by atoms with Crippen LogP contribution in [-0.4, -0.2) is 65.4 Å². The number of carbonyl (C=O) groups is 2. The lowest BCUT2D eigenvalue weighted by Crippen LogP contribution is -2.42. The lowest BCUT2D eigenvalue weighted by molar-refractivity contribution is -0.150. The molecule has 0 aliphatic carbocycles. The van der Waals surface area contributed by atoms with Gasteiger partial charge in [-0.05, 0) is 0 Å². The molecule has 1 aliphatic rings. The Bertz CT molecular complexity index is 271. The van der Waals surface area contributed by atoms with Gasteiger partial charge in [-0.2, -0.15) is 0 Å². The number of aliphatic carboxylic acids is 1. The summed E-state index contributed by atoms with van der Waals surface area (Å²) >= 11 is 0. The van der Waals surface area contributed by atoms with E-state index in [2.05, 4.69) is 0 Å². The minimum absolute atomic E-state index is 0.0434. The van der Waals surface area contributed by atoms with Gasteiger partial charge in [-0.3, -0.25) is 4.79 Å². The number of nitrogens with zero attached hydrogens (tertiary/aromatic N) is 1. The van der Waals surface area contributed by atoms with Crippen LogP contribution >= 0.6 is 0 Å². The van der Waals surface area contributed by atoms with Crippen LogP contribution < -0.4 is 5.73 Å². The summed E-state index contributed by atoms with van der Waals surface area (Å²) in [5.41, 5.74) is 5.18. The average Bonchev–Trinajstić information content (AvgIpc) is 2.61. The van der Waals surface area contributed by atoms with Crippen LogP contribution in [0.4, 0.5) is 0 Å². The van der Waals surface area contributed by atoms with E-state index in [0.29, 0.717) is 6.54 Å². The summed E-state index contributed by atoms with van der Waals surface area (Å²) in [6.45, 7) is 0.396. The number of likely N-dealkylation sites (tertiary alicyclic amines) is 1. The Balaban J connectivity index is 2.50. The molecule has 1 heterocycles. The second-order valence-corrected chi connectivity index (χ2v) is 3.63. The molecule has 0 unspecified atom stereocenters. The summed E-state index contributed by atoms with van der Waals surface area (Å²) in [7, 11) is 0. The summed E-state index contributed by atoms with van der Waals surface area (Å²) < 4.78 is 4.93. The van der Waals surface area contributed by atoms with Gasteiger partial charge in [-0.1, -0.05) is 0 Å². The summed E-state index contributed by atoms with van der Waals surface area (Å²) in [4.78, 5) is 23.5. The molecule has 0 saturated carbocycles. The molecule has 4 N–H and O–H groups in total. The summed E-state index contributed by atoms with van der Waals surface area (Å²) in [5.74, 6) is -1.54. The van der Waals surface area contributed by atoms with E-state index in [4.69, 9.17) is 15.6 Å². The van der Waals surface area contributed by atoms with E-state index in [1.54, 1.807) is 0 Å². The van der Waals surface area contributed by atoms with Crippen LogP contribution in [0.1, 0.15) is 6.42 Å². The molecule has 7 nitrogen and oxygen atoms in total. The van der Waals surface area contributed by atoms with E-state index in [1.165, 1.54) is 0 Å². The molecule has 1 rings (SSSR count). The van der Waals surface area contributed by atoms with Crippen molar-refractivity contribution in [1.29, 1.82) is 0 Å². The highest BCUT2D eigenvalue weighted by atomic mass is 16.5. The van der Waals surface area contributed by atoms with Crippen LogP contribution in [0.25, 0.3) is 0 Å². The SMILES string of the molecule is NCCOCC(=O)N1C[C@@H](O)C[C@H]1C(=O)O. The molecule has 1 amide bonds. The lowest BCUT2D eigenvalue weighted by atomic mass is 10.2. The zero-order valence-electron chi connectivity index (χ0n) is 8.83. The molecule has 16 heavy (non-hydrogen) atoms. The van der Waals surface area contributed by atoms with Crippen LogP contribution in [0.5, 0.6) is 0 Å². The van der Waals surface area contributed by atoms with Gasteiger partial charge in [-0.15, -0.1) is 0 Å². The molecule has 1 aliphatic heterocycles. The highest BCUT2D eigenvalue weighted by Crippen LogP contribution is 2.18. The minimum Gasteiger partial charge on any atom is -0.480 e. The third-order valence-electron chi connectivity index (χ3n) is 2.37. The number of hydrogen-bond donors (Lipinski definition) is 3. The van der Waals surface area contributed by atoms with Gasteiger partial charge in [-0.25, -0.2) is 4.79 Å². The first-order valence-corrected chi connectivity index (χ1v) is 5.04. The second kappa shape index (κ2) is 5.78. The third-order valence-corrected chi connectivity index (χ3v) is 2.37. The molecule has 0 bridgehead atoms. The van der Waals surface area contributed by atoms with Crippen molar-refractivity contribution < 1.29 is 24.5 Å². The predicted octanol–water partition coefficient (Wildman–Crippen LogP) is -1.99. The van der Waals surface area contributed by atoms with E-state index >= 15 is 0 Å². The van der Waals surface area contributed by atoms with Gasteiger partial charge in [0.2, 0.25) is 5.91 Å². The molecule has 0 aromatic carbocycles. The van der Waals surface area contributed by atoms with Crippen molar-refractivity contribution in [1.82, 2.24) is 4.90 Å². The van der Waals surface area contributed by atoms with Gasteiger partial charge < -0.3 is 25.6 Å². The normalized spacial score (nSPS) is 24.8. The number of hydrogen-bond acceptors (Lipinski definition) is 5. The predicted molar refractivity (Wildman–Crippen MR) is 53.6 cm³/mol. The minimum atomic E-state index is -1.11. The Kier molecular flexibility index (Phi) is 4.66. The van der Waals surface area contributed by atoms with Gasteiger partial charge in [0, 0.05) is 19.5 Å². The van der Waals surface area contributed by atoms with Crippen molar-refractivity contribution in [2.75, 3.05) is 26.3 Å². The number of ether oxygens (including phenoxy) is 1. The zero-order chi connectivity index (χ0) is 12.1.